The van der Waals surface area contributed by atoms with Gasteiger partial charge in [0, 0.05) is 43.4 Å². The molecule has 0 aliphatic carbocycles. The quantitative estimate of drug-likeness (QED) is 0.610. The van der Waals surface area contributed by atoms with E-state index >= 15 is 0 Å². The lowest BCUT2D eigenvalue weighted by Crippen LogP contribution is -2.49. The number of allylic oxidation sites excluding steroid dienone is 1. The van der Waals surface area contributed by atoms with Crippen LogP contribution in [0.15, 0.2) is 49.1 Å². The van der Waals surface area contributed by atoms with E-state index in [1.165, 1.54) is 11.3 Å². The van der Waals surface area contributed by atoms with Crippen molar-refractivity contribution in [3.63, 3.8) is 0 Å². The van der Waals surface area contributed by atoms with Crippen molar-refractivity contribution in [1.29, 1.82) is 0 Å². The first kappa shape index (κ1) is 22.5. The second-order valence-corrected chi connectivity index (χ2v) is 8.10. The van der Waals surface area contributed by atoms with Gasteiger partial charge in [-0.15, -0.1) is 6.58 Å². The van der Waals surface area contributed by atoms with Gasteiger partial charge in [0.25, 0.3) is 0 Å². The molecular weight excluding hydrogens is 400 g/mol. The number of piperazine rings is 1. The van der Waals surface area contributed by atoms with E-state index in [9.17, 15) is 5.11 Å². The van der Waals surface area contributed by atoms with Crippen molar-refractivity contribution in [2.24, 2.45) is 0 Å². The Kier molecular flexibility index (Phi) is 8.02. The van der Waals surface area contributed by atoms with E-state index in [2.05, 4.69) is 29.4 Å². The summed E-state index contributed by atoms with van der Waals surface area (Å²) in [5, 5.41) is 11.2. The summed E-state index contributed by atoms with van der Waals surface area (Å²) in [6.45, 7) is 10.3. The average molecular weight is 431 g/mol. The van der Waals surface area contributed by atoms with Gasteiger partial charge in [-0.3, -0.25) is 4.90 Å². The highest BCUT2D eigenvalue weighted by molar-refractivity contribution is 6.30. The van der Waals surface area contributed by atoms with Crippen molar-refractivity contribution in [2.75, 3.05) is 51.3 Å². The molecule has 0 amide bonds. The maximum atomic E-state index is 10.5. The molecule has 0 saturated carbocycles. The van der Waals surface area contributed by atoms with Crippen LogP contribution in [0.3, 0.4) is 0 Å². The van der Waals surface area contributed by atoms with Crippen molar-refractivity contribution in [2.45, 2.75) is 19.4 Å². The van der Waals surface area contributed by atoms with Gasteiger partial charge in [0.05, 0.1) is 7.11 Å². The minimum atomic E-state index is -0.568. The monoisotopic (exact) mass is 430 g/mol. The number of β-amino-alcohol motifs (C(OH)–C–C–N with tert-alkyl or cyclic N) is 1. The number of methoxy groups -OCH3 is 1. The fourth-order valence-corrected chi connectivity index (χ4v) is 3.92. The number of aryl methyl sites for hydroxylation is 1. The van der Waals surface area contributed by atoms with Gasteiger partial charge in [0.1, 0.15) is 12.7 Å². The molecule has 1 saturated heterocycles. The molecule has 30 heavy (non-hydrogen) atoms. The second-order valence-electron chi connectivity index (χ2n) is 7.66. The van der Waals surface area contributed by atoms with Crippen LogP contribution in [0.1, 0.15) is 11.1 Å². The van der Waals surface area contributed by atoms with Crippen LogP contribution in [-0.2, 0) is 6.42 Å². The van der Waals surface area contributed by atoms with Gasteiger partial charge in [-0.2, -0.15) is 0 Å². The summed E-state index contributed by atoms with van der Waals surface area (Å²) in [6.07, 6.45) is 2.06. The number of aliphatic hydroxyl groups excluding tert-OH is 1. The number of halogens is 1. The largest absolute Gasteiger partial charge is 0.493 e. The molecule has 0 radical (unpaired) electrons. The highest BCUT2D eigenvalue weighted by atomic mass is 35.5. The molecule has 5 nitrogen and oxygen atoms in total. The number of aliphatic hydroxyl groups is 1. The third kappa shape index (κ3) is 5.91. The van der Waals surface area contributed by atoms with E-state index in [1.54, 1.807) is 7.11 Å². The lowest BCUT2D eigenvalue weighted by molar-refractivity contribution is 0.0653. The molecule has 1 aliphatic heterocycles. The Morgan fingerprint density at radius 1 is 1.13 bits per heavy atom. The van der Waals surface area contributed by atoms with Crippen LogP contribution >= 0.6 is 11.6 Å². The summed E-state index contributed by atoms with van der Waals surface area (Å²) < 4.78 is 11.3. The molecule has 1 fully saturated rings. The molecule has 1 N–H and O–H groups in total. The van der Waals surface area contributed by atoms with Crippen LogP contribution in [-0.4, -0.2) is 62.6 Å². The second kappa shape index (κ2) is 10.7. The number of hydrogen-bond donors (Lipinski definition) is 1. The Morgan fingerprint density at radius 3 is 2.60 bits per heavy atom. The van der Waals surface area contributed by atoms with Crippen LogP contribution < -0.4 is 14.4 Å². The minimum absolute atomic E-state index is 0.227. The lowest BCUT2D eigenvalue weighted by atomic mass is 10.1. The van der Waals surface area contributed by atoms with E-state index < -0.39 is 6.10 Å². The molecule has 1 aliphatic rings. The van der Waals surface area contributed by atoms with Crippen molar-refractivity contribution >= 4 is 17.3 Å². The Bertz CT molecular complexity index is 850. The number of anilines is 1. The van der Waals surface area contributed by atoms with Crippen LogP contribution in [0.4, 0.5) is 5.69 Å². The summed E-state index contributed by atoms with van der Waals surface area (Å²) in [4.78, 5) is 4.63. The molecule has 2 aromatic rings. The molecule has 1 heterocycles. The predicted octanol–water partition coefficient (Wildman–Crippen LogP) is 3.95. The Morgan fingerprint density at radius 2 is 1.90 bits per heavy atom. The van der Waals surface area contributed by atoms with Crippen LogP contribution in [0.25, 0.3) is 0 Å². The van der Waals surface area contributed by atoms with E-state index in [4.69, 9.17) is 21.1 Å². The SMILES string of the molecule is C=CCc1ccc(OC[C@@H](O)CN2CCN(c3cc(Cl)ccc3C)CC2)c(OC)c1. The molecule has 1 atom stereocenters. The third-order valence-corrected chi connectivity index (χ3v) is 5.63. The molecule has 0 unspecified atom stereocenters. The third-order valence-electron chi connectivity index (χ3n) is 5.39. The zero-order valence-electron chi connectivity index (χ0n) is 17.8. The van der Waals surface area contributed by atoms with E-state index in [0.29, 0.717) is 18.0 Å². The first-order valence-corrected chi connectivity index (χ1v) is 10.7. The fraction of sp³-hybridized carbons (Fsp3) is 0.417. The topological polar surface area (TPSA) is 45.2 Å². The molecule has 3 rings (SSSR count). The number of ether oxygens (including phenoxy) is 2. The predicted molar refractivity (Wildman–Crippen MR) is 123 cm³/mol. The van der Waals surface area contributed by atoms with Gasteiger partial charge in [-0.1, -0.05) is 29.8 Å². The average Bonchev–Trinajstić information content (AvgIpc) is 2.75. The normalized spacial score (nSPS) is 15.7. The number of benzene rings is 2. The maximum absolute atomic E-state index is 10.5. The van der Waals surface area contributed by atoms with Crippen molar-refractivity contribution in [1.82, 2.24) is 4.90 Å². The van der Waals surface area contributed by atoms with Gasteiger partial charge in [0.2, 0.25) is 0 Å². The Hall–Kier alpha value is -2.21. The van der Waals surface area contributed by atoms with E-state index in [1.807, 2.05) is 36.4 Å². The first-order chi connectivity index (χ1) is 14.5. The van der Waals surface area contributed by atoms with Gasteiger partial charge >= 0.3 is 0 Å². The number of hydrogen-bond acceptors (Lipinski definition) is 5. The Labute approximate surface area is 184 Å². The van der Waals surface area contributed by atoms with Crippen molar-refractivity contribution < 1.29 is 14.6 Å². The molecule has 0 spiro atoms. The summed E-state index contributed by atoms with van der Waals surface area (Å²) in [5.41, 5.74) is 3.54. The van der Waals surface area contributed by atoms with Crippen molar-refractivity contribution in [3.05, 3.63) is 65.2 Å². The lowest BCUT2D eigenvalue weighted by Gasteiger charge is -2.37. The summed E-state index contributed by atoms with van der Waals surface area (Å²) in [6, 6.07) is 11.8. The smallest absolute Gasteiger partial charge is 0.161 e. The Balaban J connectivity index is 1.48. The molecular formula is C24H31ClN2O3. The molecule has 6 heteroatoms. The van der Waals surface area contributed by atoms with Gasteiger partial charge in [0.15, 0.2) is 11.5 Å². The van der Waals surface area contributed by atoms with E-state index in [0.717, 1.165) is 43.2 Å². The van der Waals surface area contributed by atoms with Gasteiger partial charge in [-0.25, -0.2) is 0 Å². The molecule has 0 aromatic heterocycles. The van der Waals surface area contributed by atoms with Crippen LogP contribution in [0.2, 0.25) is 5.02 Å². The van der Waals surface area contributed by atoms with Gasteiger partial charge in [-0.05, 0) is 48.7 Å². The summed E-state index contributed by atoms with van der Waals surface area (Å²) in [7, 11) is 1.62. The molecule has 0 bridgehead atoms. The zero-order chi connectivity index (χ0) is 21.5. The standard InChI is InChI=1S/C24H31ClN2O3/c1-4-5-19-7-9-23(24(14-19)29-3)30-17-21(28)16-26-10-12-27(13-11-26)22-15-20(25)8-6-18(22)2/h4,6-9,14-15,21,28H,1,5,10-13,16-17H2,2-3H3/t21-/m0/s1. The van der Waals surface area contributed by atoms with Crippen LogP contribution in [0.5, 0.6) is 11.5 Å². The van der Waals surface area contributed by atoms with Gasteiger partial charge < -0.3 is 19.5 Å². The first-order valence-electron chi connectivity index (χ1n) is 10.3. The molecule has 2 aromatic carbocycles. The highest BCUT2D eigenvalue weighted by Gasteiger charge is 2.21. The minimum Gasteiger partial charge on any atom is -0.493 e. The van der Waals surface area contributed by atoms with Crippen molar-refractivity contribution in [3.8, 4) is 11.5 Å². The maximum Gasteiger partial charge on any atom is 0.161 e. The van der Waals surface area contributed by atoms with E-state index in [-0.39, 0.29) is 6.61 Å². The zero-order valence-corrected chi connectivity index (χ0v) is 18.6. The fourth-order valence-electron chi connectivity index (χ4n) is 3.76. The summed E-state index contributed by atoms with van der Waals surface area (Å²) in [5.74, 6) is 1.32. The molecule has 162 valence electrons. The number of rotatable bonds is 9. The number of nitrogens with zero attached hydrogens (tertiary/aromatic N) is 2. The summed E-state index contributed by atoms with van der Waals surface area (Å²) >= 11 is 6.17. The highest BCUT2D eigenvalue weighted by Crippen LogP contribution is 2.29. The van der Waals surface area contributed by atoms with Crippen LogP contribution in [0, 0.1) is 6.92 Å².